The Balaban J connectivity index is 0.00000242. The van der Waals surface area contributed by atoms with Crippen LogP contribution in [0.2, 0.25) is 0 Å². The quantitative estimate of drug-likeness (QED) is 0.795. The smallest absolute Gasteiger partial charge is 0.120 e. The Hall–Kier alpha value is -1.51. The Morgan fingerprint density at radius 1 is 1.00 bits per heavy atom. The summed E-state index contributed by atoms with van der Waals surface area (Å²) >= 11 is 0. The van der Waals surface area contributed by atoms with E-state index in [1.807, 2.05) is 6.07 Å². The summed E-state index contributed by atoms with van der Waals surface area (Å²) in [6.45, 7) is 9.07. The molecule has 0 amide bonds. The molecule has 2 aromatic rings. The van der Waals surface area contributed by atoms with Crippen LogP contribution < -0.4 is 10.1 Å². The van der Waals surface area contributed by atoms with E-state index in [4.69, 9.17) is 4.74 Å². The lowest BCUT2D eigenvalue weighted by atomic mass is 10.1. The van der Waals surface area contributed by atoms with Crippen molar-refractivity contribution in [3.8, 4) is 5.75 Å². The number of hydrogen-bond acceptors (Lipinski definition) is 2. The van der Waals surface area contributed by atoms with Gasteiger partial charge < -0.3 is 10.1 Å². The highest BCUT2D eigenvalue weighted by Crippen LogP contribution is 2.15. The van der Waals surface area contributed by atoms with E-state index in [0.29, 0.717) is 12.5 Å². The third kappa shape index (κ3) is 6.50. The summed E-state index contributed by atoms with van der Waals surface area (Å²) in [5.41, 5.74) is 3.73. The van der Waals surface area contributed by atoms with E-state index in [-0.39, 0.29) is 12.4 Å². The highest BCUT2D eigenvalue weighted by Gasteiger charge is 1.99. The minimum atomic E-state index is 0. The second-order valence-corrected chi connectivity index (χ2v) is 5.95. The monoisotopic (exact) mass is 319 g/mol. The second-order valence-electron chi connectivity index (χ2n) is 5.95. The number of halogens is 1. The van der Waals surface area contributed by atoms with Gasteiger partial charge in [0.2, 0.25) is 0 Å². The SMILES string of the molecule is Cc1ccc(COc2cccc(CNCC(C)C)c2)cc1.Cl. The molecular formula is C19H26ClNO. The van der Waals surface area contributed by atoms with E-state index in [1.54, 1.807) is 0 Å². The molecule has 2 aromatic carbocycles. The third-order valence-electron chi connectivity index (χ3n) is 3.31. The van der Waals surface area contributed by atoms with Gasteiger partial charge in [0, 0.05) is 6.54 Å². The van der Waals surface area contributed by atoms with E-state index >= 15 is 0 Å². The first-order valence-corrected chi connectivity index (χ1v) is 7.61. The first-order chi connectivity index (χ1) is 10.1. The molecule has 0 aromatic heterocycles. The van der Waals surface area contributed by atoms with Crippen LogP contribution in [0.3, 0.4) is 0 Å². The first-order valence-electron chi connectivity index (χ1n) is 7.61. The normalized spacial score (nSPS) is 10.4. The summed E-state index contributed by atoms with van der Waals surface area (Å²) in [6.07, 6.45) is 0. The Bertz CT molecular complexity index is 552. The van der Waals surface area contributed by atoms with Gasteiger partial charge in [-0.15, -0.1) is 12.4 Å². The predicted octanol–water partition coefficient (Wildman–Crippen LogP) is 4.74. The van der Waals surface area contributed by atoms with Crippen LogP contribution in [0.15, 0.2) is 48.5 Å². The van der Waals surface area contributed by atoms with E-state index in [1.165, 1.54) is 16.7 Å². The zero-order valence-corrected chi connectivity index (χ0v) is 14.5. The van der Waals surface area contributed by atoms with Crippen LogP contribution in [0, 0.1) is 12.8 Å². The van der Waals surface area contributed by atoms with Gasteiger partial charge in [0.25, 0.3) is 0 Å². The molecule has 0 fully saturated rings. The topological polar surface area (TPSA) is 21.3 Å². The van der Waals surface area contributed by atoms with Crippen LogP contribution >= 0.6 is 12.4 Å². The summed E-state index contributed by atoms with van der Waals surface area (Å²) < 4.78 is 5.87. The molecule has 22 heavy (non-hydrogen) atoms. The molecule has 0 spiro atoms. The second kappa shape index (κ2) is 9.50. The van der Waals surface area contributed by atoms with Crippen LogP contribution in [0.4, 0.5) is 0 Å². The van der Waals surface area contributed by atoms with E-state index in [9.17, 15) is 0 Å². The Morgan fingerprint density at radius 2 is 1.73 bits per heavy atom. The lowest BCUT2D eigenvalue weighted by Gasteiger charge is -2.10. The molecule has 2 rings (SSSR count). The average Bonchev–Trinajstić information content (AvgIpc) is 2.47. The number of benzene rings is 2. The molecule has 120 valence electrons. The fraction of sp³-hybridized carbons (Fsp3) is 0.368. The van der Waals surface area contributed by atoms with Crippen molar-refractivity contribution < 1.29 is 4.74 Å². The van der Waals surface area contributed by atoms with Crippen LogP contribution in [-0.2, 0) is 13.2 Å². The van der Waals surface area contributed by atoms with Crippen molar-refractivity contribution in [2.24, 2.45) is 5.92 Å². The molecule has 0 saturated heterocycles. The number of rotatable bonds is 7. The van der Waals surface area contributed by atoms with Gasteiger partial charge in [-0.05, 0) is 42.6 Å². The van der Waals surface area contributed by atoms with Crippen molar-refractivity contribution >= 4 is 12.4 Å². The largest absolute Gasteiger partial charge is 0.489 e. The van der Waals surface area contributed by atoms with Crippen molar-refractivity contribution in [1.82, 2.24) is 5.32 Å². The minimum absolute atomic E-state index is 0. The standard InChI is InChI=1S/C19H25NO.ClH/c1-15(2)12-20-13-18-5-4-6-19(11-18)21-14-17-9-7-16(3)8-10-17;/h4-11,15,20H,12-14H2,1-3H3;1H. The minimum Gasteiger partial charge on any atom is -0.489 e. The zero-order valence-electron chi connectivity index (χ0n) is 13.6. The van der Waals surface area contributed by atoms with Crippen molar-refractivity contribution in [2.75, 3.05) is 6.54 Å². The molecular weight excluding hydrogens is 294 g/mol. The Labute approximate surface area is 140 Å². The summed E-state index contributed by atoms with van der Waals surface area (Å²) in [7, 11) is 0. The Morgan fingerprint density at radius 3 is 2.41 bits per heavy atom. The van der Waals surface area contributed by atoms with E-state index in [0.717, 1.165) is 18.8 Å². The van der Waals surface area contributed by atoms with Gasteiger partial charge >= 0.3 is 0 Å². The van der Waals surface area contributed by atoms with Crippen molar-refractivity contribution in [3.05, 3.63) is 65.2 Å². The van der Waals surface area contributed by atoms with Crippen LogP contribution in [-0.4, -0.2) is 6.54 Å². The van der Waals surface area contributed by atoms with Crippen LogP contribution in [0.1, 0.15) is 30.5 Å². The van der Waals surface area contributed by atoms with Crippen LogP contribution in [0.5, 0.6) is 5.75 Å². The number of aryl methyl sites for hydroxylation is 1. The lowest BCUT2D eigenvalue weighted by molar-refractivity contribution is 0.306. The number of hydrogen-bond donors (Lipinski definition) is 1. The van der Waals surface area contributed by atoms with Gasteiger partial charge in [-0.25, -0.2) is 0 Å². The molecule has 2 nitrogen and oxygen atoms in total. The van der Waals surface area contributed by atoms with Crippen molar-refractivity contribution in [3.63, 3.8) is 0 Å². The molecule has 0 atom stereocenters. The molecule has 0 radical (unpaired) electrons. The predicted molar refractivity (Wildman–Crippen MR) is 95.7 cm³/mol. The molecule has 3 heteroatoms. The molecule has 0 unspecified atom stereocenters. The third-order valence-corrected chi connectivity index (χ3v) is 3.31. The fourth-order valence-corrected chi connectivity index (χ4v) is 2.10. The molecule has 0 heterocycles. The molecule has 0 bridgehead atoms. The maximum atomic E-state index is 5.87. The summed E-state index contributed by atoms with van der Waals surface area (Å²) in [5, 5.41) is 3.45. The van der Waals surface area contributed by atoms with Crippen molar-refractivity contribution in [2.45, 2.75) is 33.9 Å². The van der Waals surface area contributed by atoms with Gasteiger partial charge in [0.15, 0.2) is 0 Å². The average molecular weight is 320 g/mol. The molecule has 1 N–H and O–H groups in total. The van der Waals surface area contributed by atoms with E-state index in [2.05, 4.69) is 68.6 Å². The summed E-state index contributed by atoms with van der Waals surface area (Å²) in [6, 6.07) is 16.8. The summed E-state index contributed by atoms with van der Waals surface area (Å²) in [5.74, 6) is 1.60. The lowest BCUT2D eigenvalue weighted by Crippen LogP contribution is -2.18. The molecule has 0 aliphatic carbocycles. The van der Waals surface area contributed by atoms with Gasteiger partial charge in [0.1, 0.15) is 12.4 Å². The van der Waals surface area contributed by atoms with Crippen LogP contribution in [0.25, 0.3) is 0 Å². The highest BCUT2D eigenvalue weighted by atomic mass is 35.5. The van der Waals surface area contributed by atoms with Gasteiger partial charge in [-0.1, -0.05) is 55.8 Å². The maximum absolute atomic E-state index is 5.87. The number of nitrogens with one attached hydrogen (secondary N) is 1. The fourth-order valence-electron chi connectivity index (χ4n) is 2.10. The highest BCUT2D eigenvalue weighted by molar-refractivity contribution is 5.85. The van der Waals surface area contributed by atoms with Gasteiger partial charge in [0.05, 0.1) is 0 Å². The number of ether oxygens (including phenoxy) is 1. The van der Waals surface area contributed by atoms with E-state index < -0.39 is 0 Å². The zero-order chi connectivity index (χ0) is 15.1. The first kappa shape index (κ1) is 18.5. The molecule has 0 saturated carbocycles. The molecule has 0 aliphatic heterocycles. The Kier molecular flexibility index (Phi) is 8.00. The maximum Gasteiger partial charge on any atom is 0.120 e. The summed E-state index contributed by atoms with van der Waals surface area (Å²) in [4.78, 5) is 0. The molecule has 0 aliphatic rings. The van der Waals surface area contributed by atoms with Gasteiger partial charge in [-0.3, -0.25) is 0 Å². The van der Waals surface area contributed by atoms with Gasteiger partial charge in [-0.2, -0.15) is 0 Å². The van der Waals surface area contributed by atoms with Crippen molar-refractivity contribution in [1.29, 1.82) is 0 Å².